The average Bonchev–Trinajstić information content (AvgIpc) is 3.05. The van der Waals surface area contributed by atoms with Crippen molar-refractivity contribution in [3.8, 4) is 0 Å². The Morgan fingerprint density at radius 1 is 0.957 bits per heavy atom. The Morgan fingerprint density at radius 2 is 1.74 bits per heavy atom. The minimum atomic E-state index is -0.0826. The highest BCUT2D eigenvalue weighted by Crippen LogP contribution is 2.35. The molecule has 1 aliphatic carbocycles. The molecule has 2 aromatic rings. The summed E-state index contributed by atoms with van der Waals surface area (Å²) in [5.74, 6) is 0.271. The van der Waals surface area contributed by atoms with Crippen LogP contribution in [0, 0.1) is 0 Å². The van der Waals surface area contributed by atoms with Crippen LogP contribution in [0.3, 0.4) is 0 Å². The zero-order chi connectivity index (χ0) is 16.1. The van der Waals surface area contributed by atoms with Crippen LogP contribution in [0.15, 0.2) is 53.7 Å². The molecule has 0 aromatic heterocycles. The summed E-state index contributed by atoms with van der Waals surface area (Å²) in [6.07, 6.45) is 0.522. The van der Waals surface area contributed by atoms with E-state index in [-0.39, 0.29) is 11.6 Å². The van der Waals surface area contributed by atoms with Crippen molar-refractivity contribution in [1.29, 1.82) is 0 Å². The number of hydrogen-bond acceptors (Lipinski definition) is 3. The van der Waals surface area contributed by atoms with Crippen LogP contribution in [0.5, 0.6) is 0 Å². The van der Waals surface area contributed by atoms with E-state index in [1.165, 1.54) is 0 Å². The highest BCUT2D eigenvalue weighted by molar-refractivity contribution is 6.25. The molecule has 3 nitrogen and oxygen atoms in total. The van der Waals surface area contributed by atoms with Crippen molar-refractivity contribution in [3.05, 3.63) is 76.0 Å². The predicted octanol–water partition coefficient (Wildman–Crippen LogP) is 4.11. The summed E-state index contributed by atoms with van der Waals surface area (Å²) in [4.78, 5) is 25.4. The molecule has 0 saturated heterocycles. The Bertz CT molecular complexity index is 890. The van der Waals surface area contributed by atoms with E-state index in [4.69, 9.17) is 0 Å². The lowest BCUT2D eigenvalue weighted by molar-refractivity contribution is 0.101. The quantitative estimate of drug-likeness (QED) is 0.806. The third-order valence-electron chi connectivity index (χ3n) is 4.65. The third-order valence-corrected chi connectivity index (χ3v) is 4.65. The second kappa shape index (κ2) is 4.92. The molecule has 0 fully saturated rings. The largest absolute Gasteiger partial charge is 0.351 e. The van der Waals surface area contributed by atoms with Gasteiger partial charge in [0.2, 0.25) is 5.78 Å². The summed E-state index contributed by atoms with van der Waals surface area (Å²) in [7, 11) is 0. The van der Waals surface area contributed by atoms with Crippen LogP contribution in [-0.4, -0.2) is 11.6 Å². The fourth-order valence-corrected chi connectivity index (χ4v) is 3.28. The van der Waals surface area contributed by atoms with Crippen LogP contribution in [0.2, 0.25) is 0 Å². The monoisotopic (exact) mass is 303 g/mol. The first-order valence-electron chi connectivity index (χ1n) is 7.87. The van der Waals surface area contributed by atoms with Gasteiger partial charge in [-0.2, -0.15) is 0 Å². The number of benzene rings is 2. The third kappa shape index (κ3) is 2.04. The standard InChI is InChI=1S/C20H17NO2/c1-11(2)12-7-8-13-10-16(19(22)15(13)9-12)18-20(23)14-5-3-4-6-17(14)21-18/h3-9,11,21H,10H2,1-2H3/b18-16-. The smallest absolute Gasteiger partial charge is 0.211 e. The lowest BCUT2D eigenvalue weighted by Gasteiger charge is -2.06. The Labute approximate surface area is 135 Å². The Kier molecular flexibility index (Phi) is 2.98. The van der Waals surface area contributed by atoms with Crippen molar-refractivity contribution >= 4 is 17.3 Å². The molecule has 0 amide bonds. The highest BCUT2D eigenvalue weighted by Gasteiger charge is 2.34. The lowest BCUT2D eigenvalue weighted by Crippen LogP contribution is -2.09. The molecule has 0 unspecified atom stereocenters. The van der Waals surface area contributed by atoms with Gasteiger partial charge in [0.05, 0.1) is 5.70 Å². The molecule has 0 saturated carbocycles. The number of Topliss-reactive ketones (excluding diaryl/α,β-unsaturated/α-hetero) is 2. The molecule has 4 rings (SSSR count). The zero-order valence-electron chi connectivity index (χ0n) is 13.1. The molecule has 23 heavy (non-hydrogen) atoms. The number of allylic oxidation sites excluding steroid dienone is 2. The number of fused-ring (bicyclic) bond motifs is 2. The number of rotatable bonds is 1. The van der Waals surface area contributed by atoms with E-state index < -0.39 is 0 Å². The summed E-state index contributed by atoms with van der Waals surface area (Å²) >= 11 is 0. The summed E-state index contributed by atoms with van der Waals surface area (Å²) in [6, 6.07) is 13.4. The van der Waals surface area contributed by atoms with Gasteiger partial charge in [0.1, 0.15) is 0 Å². The van der Waals surface area contributed by atoms with Gasteiger partial charge in [-0.05, 0) is 35.2 Å². The van der Waals surface area contributed by atoms with Gasteiger partial charge in [0.15, 0.2) is 5.78 Å². The number of nitrogens with one attached hydrogen (secondary N) is 1. The molecule has 0 bridgehead atoms. The van der Waals surface area contributed by atoms with Crippen LogP contribution in [0.25, 0.3) is 0 Å². The topological polar surface area (TPSA) is 46.2 Å². The molecule has 0 radical (unpaired) electrons. The van der Waals surface area contributed by atoms with E-state index >= 15 is 0 Å². The van der Waals surface area contributed by atoms with Gasteiger partial charge in [-0.1, -0.05) is 38.1 Å². The second-order valence-electron chi connectivity index (χ2n) is 6.43. The van der Waals surface area contributed by atoms with Crippen molar-refractivity contribution in [1.82, 2.24) is 0 Å². The number of hydrogen-bond donors (Lipinski definition) is 1. The molecule has 1 heterocycles. The summed E-state index contributed by atoms with van der Waals surface area (Å²) in [5, 5.41) is 3.14. The van der Waals surface area contributed by atoms with Crippen molar-refractivity contribution < 1.29 is 9.59 Å². The van der Waals surface area contributed by atoms with Gasteiger partial charge >= 0.3 is 0 Å². The summed E-state index contributed by atoms with van der Waals surface area (Å²) in [6.45, 7) is 4.22. The van der Waals surface area contributed by atoms with Crippen LogP contribution < -0.4 is 5.32 Å². The van der Waals surface area contributed by atoms with E-state index in [9.17, 15) is 9.59 Å². The number of carbonyl (C=O) groups is 2. The lowest BCUT2D eigenvalue weighted by atomic mass is 9.98. The van der Waals surface area contributed by atoms with E-state index in [0.717, 1.165) is 22.4 Å². The van der Waals surface area contributed by atoms with Gasteiger partial charge < -0.3 is 5.32 Å². The SMILES string of the molecule is CC(C)c1ccc2c(c1)C(=O)/C(=C1\Nc3ccccc3C1=O)C2. The van der Waals surface area contributed by atoms with E-state index in [1.807, 2.05) is 30.3 Å². The van der Waals surface area contributed by atoms with Crippen molar-refractivity contribution in [3.63, 3.8) is 0 Å². The number of para-hydroxylation sites is 1. The molecule has 0 atom stereocenters. The molecular weight excluding hydrogens is 286 g/mol. The minimum Gasteiger partial charge on any atom is -0.351 e. The summed E-state index contributed by atoms with van der Waals surface area (Å²) in [5.41, 5.74) is 5.35. The van der Waals surface area contributed by atoms with Crippen LogP contribution in [-0.2, 0) is 6.42 Å². The maximum absolute atomic E-state index is 12.8. The van der Waals surface area contributed by atoms with Crippen LogP contribution in [0.1, 0.15) is 51.6 Å². The van der Waals surface area contributed by atoms with Crippen molar-refractivity contribution in [2.75, 3.05) is 5.32 Å². The molecule has 3 heteroatoms. The number of carbonyl (C=O) groups excluding carboxylic acids is 2. The Balaban J connectivity index is 1.79. The van der Waals surface area contributed by atoms with Gasteiger partial charge in [-0.15, -0.1) is 0 Å². The highest BCUT2D eigenvalue weighted by atomic mass is 16.1. The maximum atomic E-state index is 12.8. The van der Waals surface area contributed by atoms with Gasteiger partial charge in [0.25, 0.3) is 0 Å². The molecule has 2 aromatic carbocycles. The predicted molar refractivity (Wildman–Crippen MR) is 90.0 cm³/mol. The molecule has 2 aliphatic rings. The normalized spacial score (nSPS) is 19.1. The average molecular weight is 303 g/mol. The Morgan fingerprint density at radius 3 is 2.48 bits per heavy atom. The fraction of sp³-hybridized carbons (Fsp3) is 0.200. The first-order chi connectivity index (χ1) is 11.1. The Hall–Kier alpha value is -2.68. The first-order valence-corrected chi connectivity index (χ1v) is 7.87. The van der Waals surface area contributed by atoms with E-state index in [0.29, 0.717) is 29.2 Å². The van der Waals surface area contributed by atoms with Crippen LogP contribution >= 0.6 is 0 Å². The molecular formula is C20H17NO2. The molecule has 0 spiro atoms. The van der Waals surface area contributed by atoms with E-state index in [1.54, 1.807) is 6.07 Å². The molecule has 1 aliphatic heterocycles. The second-order valence-corrected chi connectivity index (χ2v) is 6.43. The van der Waals surface area contributed by atoms with E-state index in [2.05, 4.69) is 25.2 Å². The fourth-order valence-electron chi connectivity index (χ4n) is 3.28. The minimum absolute atomic E-state index is 0.0221. The van der Waals surface area contributed by atoms with Crippen LogP contribution in [0.4, 0.5) is 5.69 Å². The van der Waals surface area contributed by atoms with Gasteiger partial charge in [-0.3, -0.25) is 9.59 Å². The number of anilines is 1. The van der Waals surface area contributed by atoms with Crippen molar-refractivity contribution in [2.45, 2.75) is 26.2 Å². The summed E-state index contributed by atoms with van der Waals surface area (Å²) < 4.78 is 0. The number of ketones is 2. The zero-order valence-corrected chi connectivity index (χ0v) is 13.1. The van der Waals surface area contributed by atoms with Gasteiger partial charge in [-0.25, -0.2) is 0 Å². The molecule has 1 N–H and O–H groups in total. The van der Waals surface area contributed by atoms with Gasteiger partial charge in [0, 0.05) is 28.8 Å². The maximum Gasteiger partial charge on any atom is 0.211 e. The van der Waals surface area contributed by atoms with Crippen molar-refractivity contribution in [2.24, 2.45) is 0 Å². The first kappa shape index (κ1) is 13.9. The molecule has 114 valence electrons.